The van der Waals surface area contributed by atoms with Crippen molar-refractivity contribution < 1.29 is 9.59 Å². The molecule has 3 aromatic rings. The second kappa shape index (κ2) is 8.46. The molecule has 1 saturated carbocycles. The summed E-state index contributed by atoms with van der Waals surface area (Å²) in [6.07, 6.45) is 3.50. The van der Waals surface area contributed by atoms with Crippen molar-refractivity contribution in [3.05, 3.63) is 47.5 Å². The van der Waals surface area contributed by atoms with Gasteiger partial charge < -0.3 is 10.6 Å². The van der Waals surface area contributed by atoms with Crippen LogP contribution >= 0.6 is 23.1 Å². The molecule has 1 aliphatic rings. The summed E-state index contributed by atoms with van der Waals surface area (Å²) < 4.78 is 1.02. The molecule has 2 N–H and O–H groups in total. The van der Waals surface area contributed by atoms with Gasteiger partial charge in [-0.05, 0) is 54.5 Å². The van der Waals surface area contributed by atoms with E-state index in [-0.39, 0.29) is 24.8 Å². The quantitative estimate of drug-likeness (QED) is 0.553. The Morgan fingerprint density at radius 2 is 1.90 bits per heavy atom. The van der Waals surface area contributed by atoms with Crippen molar-refractivity contribution in [1.29, 1.82) is 5.26 Å². The van der Waals surface area contributed by atoms with Gasteiger partial charge in [-0.15, -0.1) is 23.1 Å². The van der Waals surface area contributed by atoms with Gasteiger partial charge in [-0.25, -0.2) is 4.98 Å². The van der Waals surface area contributed by atoms with E-state index < -0.39 is 5.54 Å². The number of aromatic nitrogens is 1. The van der Waals surface area contributed by atoms with Crippen LogP contribution in [0.25, 0.3) is 21.3 Å². The van der Waals surface area contributed by atoms with Gasteiger partial charge in [0.1, 0.15) is 10.5 Å². The second-order valence-corrected chi connectivity index (χ2v) is 9.21. The van der Waals surface area contributed by atoms with Crippen molar-refractivity contribution in [1.82, 2.24) is 15.6 Å². The molecule has 0 aliphatic heterocycles. The third-order valence-corrected chi connectivity index (χ3v) is 6.72. The lowest BCUT2D eigenvalue weighted by Gasteiger charge is -2.09. The van der Waals surface area contributed by atoms with E-state index in [2.05, 4.69) is 58.3 Å². The number of hydrogen-bond acceptors (Lipinski definition) is 6. The van der Waals surface area contributed by atoms with Gasteiger partial charge >= 0.3 is 0 Å². The molecule has 1 fully saturated rings. The summed E-state index contributed by atoms with van der Waals surface area (Å²) in [4.78, 5) is 29.8. The van der Waals surface area contributed by atoms with Crippen LogP contribution in [0.1, 0.15) is 17.8 Å². The third-order valence-electron chi connectivity index (χ3n) is 4.96. The van der Waals surface area contributed by atoms with Crippen molar-refractivity contribution in [2.24, 2.45) is 0 Å². The number of nitriles is 1. The molecule has 6 nitrogen and oxygen atoms in total. The molecule has 0 spiro atoms. The molecule has 2 aromatic carbocycles. The number of thioether (sulfide) groups is 1. The highest BCUT2D eigenvalue weighted by Crippen LogP contribution is 2.34. The second-order valence-electron chi connectivity index (χ2n) is 7.21. The lowest BCUT2D eigenvalue weighted by Crippen LogP contribution is -2.43. The first-order valence-electron chi connectivity index (χ1n) is 9.53. The smallest absolute Gasteiger partial charge is 0.240 e. The predicted molar refractivity (Wildman–Crippen MR) is 119 cm³/mol. The van der Waals surface area contributed by atoms with Crippen molar-refractivity contribution in [2.75, 3.05) is 12.8 Å². The minimum absolute atomic E-state index is 0.119. The fourth-order valence-corrected chi connectivity index (χ4v) is 4.50. The van der Waals surface area contributed by atoms with Crippen LogP contribution in [0.2, 0.25) is 0 Å². The zero-order valence-corrected chi connectivity index (χ0v) is 18.0. The molecular formula is C22H20N4O2S2. The van der Waals surface area contributed by atoms with Crippen molar-refractivity contribution >= 4 is 45.1 Å². The molecule has 2 amide bonds. The van der Waals surface area contributed by atoms with E-state index in [9.17, 15) is 9.59 Å². The molecular weight excluding hydrogens is 416 g/mol. The first-order valence-corrected chi connectivity index (χ1v) is 11.6. The van der Waals surface area contributed by atoms with E-state index in [0.717, 1.165) is 21.3 Å². The molecule has 4 rings (SSSR count). The van der Waals surface area contributed by atoms with Gasteiger partial charge in [0.25, 0.3) is 0 Å². The molecule has 30 heavy (non-hydrogen) atoms. The number of rotatable bonds is 7. The Kier molecular flexibility index (Phi) is 5.75. The van der Waals surface area contributed by atoms with Crippen molar-refractivity contribution in [3.8, 4) is 17.2 Å². The number of carbonyl (C=O) groups excluding carboxylic acids is 2. The lowest BCUT2D eigenvalue weighted by molar-refractivity contribution is -0.126. The van der Waals surface area contributed by atoms with E-state index in [1.54, 1.807) is 11.8 Å². The van der Waals surface area contributed by atoms with Gasteiger partial charge in [0.15, 0.2) is 0 Å². The van der Waals surface area contributed by atoms with Gasteiger partial charge in [0.2, 0.25) is 11.8 Å². The Morgan fingerprint density at radius 3 is 2.57 bits per heavy atom. The van der Waals surface area contributed by atoms with Crippen molar-refractivity contribution in [2.45, 2.75) is 29.7 Å². The van der Waals surface area contributed by atoms with Crippen LogP contribution in [0.15, 0.2) is 47.4 Å². The fraction of sp³-hybridized carbons (Fsp3) is 0.273. The number of carbonyl (C=O) groups is 2. The molecule has 0 unspecified atom stereocenters. The summed E-state index contributed by atoms with van der Waals surface area (Å²) in [5.41, 5.74) is 2.38. The monoisotopic (exact) mass is 436 g/mol. The summed E-state index contributed by atoms with van der Waals surface area (Å²) in [6.45, 7) is -0.136. The number of hydrogen-bond donors (Lipinski definition) is 2. The van der Waals surface area contributed by atoms with Crippen LogP contribution in [-0.4, -0.2) is 35.1 Å². The molecule has 1 aliphatic carbocycles. The van der Waals surface area contributed by atoms with Crippen LogP contribution in [0, 0.1) is 11.3 Å². The Hall–Kier alpha value is -2.89. The number of benzene rings is 2. The maximum Gasteiger partial charge on any atom is 0.240 e. The van der Waals surface area contributed by atoms with E-state index in [0.29, 0.717) is 17.8 Å². The number of amides is 2. The molecule has 1 heterocycles. The molecule has 0 radical (unpaired) electrons. The summed E-state index contributed by atoms with van der Waals surface area (Å²) in [5.74, 6) is -0.609. The number of thiazole rings is 1. The highest BCUT2D eigenvalue weighted by atomic mass is 32.2. The molecule has 1 aromatic heterocycles. The normalized spacial score (nSPS) is 14.1. The highest BCUT2D eigenvalue weighted by Gasteiger charge is 2.44. The van der Waals surface area contributed by atoms with Crippen LogP contribution in [0.5, 0.6) is 0 Å². The Balaban J connectivity index is 1.37. The molecule has 152 valence electrons. The van der Waals surface area contributed by atoms with Crippen molar-refractivity contribution in [3.63, 3.8) is 0 Å². The standard InChI is InChI=1S/C22H20N4O2S2/c1-29-16-5-2-14(3-6-16)15-4-7-17-18(10-15)30-21(25-17)11-19(27)24-12-20(28)26-22(13-23)8-9-22/h2-7,10H,8-9,11-12H2,1H3,(H,24,27)(H,26,28). The topological polar surface area (TPSA) is 94.9 Å². The Labute approximate surface area is 182 Å². The van der Waals surface area contributed by atoms with Crippen LogP contribution in [0.4, 0.5) is 0 Å². The zero-order valence-electron chi connectivity index (χ0n) is 16.4. The minimum Gasteiger partial charge on any atom is -0.347 e. The summed E-state index contributed by atoms with van der Waals surface area (Å²) in [5, 5.41) is 15.0. The van der Waals surface area contributed by atoms with Gasteiger partial charge in [0, 0.05) is 4.90 Å². The molecule has 8 heteroatoms. The SMILES string of the molecule is CSc1ccc(-c2ccc3nc(CC(=O)NCC(=O)NC4(C#N)CC4)sc3c2)cc1. The fourth-order valence-electron chi connectivity index (χ4n) is 3.09. The minimum atomic E-state index is -0.720. The lowest BCUT2D eigenvalue weighted by atomic mass is 10.1. The summed E-state index contributed by atoms with van der Waals surface area (Å²) in [6, 6.07) is 16.6. The molecule has 0 saturated heterocycles. The molecule has 0 atom stereocenters. The van der Waals surface area contributed by atoms with E-state index in [1.165, 1.54) is 16.2 Å². The average molecular weight is 437 g/mol. The predicted octanol–water partition coefficient (Wildman–Crippen LogP) is 3.52. The van der Waals surface area contributed by atoms with Crippen LogP contribution < -0.4 is 10.6 Å². The Morgan fingerprint density at radius 1 is 1.17 bits per heavy atom. The average Bonchev–Trinajstić information content (AvgIpc) is 3.42. The van der Waals surface area contributed by atoms with Gasteiger partial charge in [0.05, 0.1) is 29.3 Å². The maximum atomic E-state index is 12.2. The van der Waals surface area contributed by atoms with Gasteiger partial charge in [-0.3, -0.25) is 9.59 Å². The third kappa shape index (κ3) is 4.64. The number of fused-ring (bicyclic) bond motifs is 1. The number of nitrogens with zero attached hydrogens (tertiary/aromatic N) is 2. The highest BCUT2D eigenvalue weighted by molar-refractivity contribution is 7.98. The zero-order chi connectivity index (χ0) is 21.1. The maximum absolute atomic E-state index is 12.2. The summed E-state index contributed by atoms with van der Waals surface area (Å²) >= 11 is 3.19. The van der Waals surface area contributed by atoms with Gasteiger partial charge in [-0.2, -0.15) is 5.26 Å². The largest absolute Gasteiger partial charge is 0.347 e. The van der Waals surface area contributed by atoms with Crippen LogP contribution in [-0.2, 0) is 16.0 Å². The van der Waals surface area contributed by atoms with E-state index in [4.69, 9.17) is 5.26 Å². The first-order chi connectivity index (χ1) is 14.5. The van der Waals surface area contributed by atoms with E-state index in [1.807, 2.05) is 12.1 Å². The summed E-state index contributed by atoms with van der Waals surface area (Å²) in [7, 11) is 0. The van der Waals surface area contributed by atoms with Crippen LogP contribution in [0.3, 0.4) is 0 Å². The first kappa shape index (κ1) is 20.4. The van der Waals surface area contributed by atoms with Gasteiger partial charge in [-0.1, -0.05) is 18.2 Å². The number of nitrogens with one attached hydrogen (secondary N) is 2. The molecule has 0 bridgehead atoms. The Bertz CT molecular complexity index is 1140. The van der Waals surface area contributed by atoms with E-state index >= 15 is 0 Å².